The maximum Gasteiger partial charge on any atom is 0.279 e. The molecule has 10 heteroatoms. The third-order valence-corrected chi connectivity index (χ3v) is 5.80. The summed E-state index contributed by atoms with van der Waals surface area (Å²) < 4.78 is 23.6. The number of nitrogens with zero attached hydrogens (tertiary/aromatic N) is 3. The first-order valence-electron chi connectivity index (χ1n) is 8.66. The van der Waals surface area contributed by atoms with E-state index in [9.17, 15) is 13.2 Å². The Hall–Kier alpha value is -2.52. The van der Waals surface area contributed by atoms with E-state index in [0.29, 0.717) is 5.56 Å². The normalized spacial score (nSPS) is 15.4. The Morgan fingerprint density at radius 2 is 2.04 bits per heavy atom. The minimum Gasteiger partial charge on any atom is -0.392 e. The first-order valence-corrected chi connectivity index (χ1v) is 10.9. The van der Waals surface area contributed by atoms with E-state index in [1.54, 1.807) is 0 Å². The molecule has 1 aliphatic carbocycles. The number of nitrogens with one attached hydrogen (secondary N) is 1. The molecule has 0 aliphatic heterocycles. The van der Waals surface area contributed by atoms with Crippen molar-refractivity contribution in [1.29, 1.82) is 0 Å². The topological polar surface area (TPSA) is 111 Å². The summed E-state index contributed by atoms with van der Waals surface area (Å²) in [6, 6.07) is 4.19. The molecule has 1 fully saturated rings. The van der Waals surface area contributed by atoms with Gasteiger partial charge in [-0.2, -0.15) is 0 Å². The van der Waals surface area contributed by atoms with Gasteiger partial charge >= 0.3 is 0 Å². The number of anilines is 1. The molecular weight excluding hydrogens is 404 g/mol. The van der Waals surface area contributed by atoms with Gasteiger partial charge in [-0.05, 0) is 37.8 Å². The van der Waals surface area contributed by atoms with E-state index >= 15 is 0 Å². The van der Waals surface area contributed by atoms with Crippen molar-refractivity contribution in [2.75, 3.05) is 11.6 Å². The van der Waals surface area contributed by atoms with Crippen LogP contribution >= 0.6 is 11.6 Å². The molecule has 1 aliphatic rings. The number of hydrogen-bond donors (Lipinski definition) is 1. The lowest BCUT2D eigenvalue weighted by Gasteiger charge is -2.12. The van der Waals surface area contributed by atoms with Crippen molar-refractivity contribution >= 4 is 38.9 Å². The molecule has 0 saturated heterocycles. The quantitative estimate of drug-likeness (QED) is 0.566. The molecular formula is C18H19ClN4O4S. The summed E-state index contributed by atoms with van der Waals surface area (Å²) in [5.74, 6) is -0.318. The standard InChI is InChI=1S/C18H19ClN4O4S/c1-28(25,26)15-7-6-12(10-14(15)19)17(23-27-13-4-2-3-5-13)18(24)22-16-11-20-8-9-21-16/h6-11,13H,2-5H2,1H3,(H,21,22,24). The number of hydrogen-bond acceptors (Lipinski definition) is 7. The van der Waals surface area contributed by atoms with Crippen molar-refractivity contribution in [3.63, 3.8) is 0 Å². The number of carbonyl (C=O) groups is 1. The van der Waals surface area contributed by atoms with Crippen LogP contribution < -0.4 is 5.32 Å². The van der Waals surface area contributed by atoms with E-state index in [2.05, 4.69) is 20.4 Å². The molecule has 1 heterocycles. The lowest BCUT2D eigenvalue weighted by atomic mass is 10.1. The number of rotatable bonds is 6. The molecule has 0 spiro atoms. The number of aromatic nitrogens is 2. The highest BCUT2D eigenvalue weighted by molar-refractivity contribution is 7.90. The van der Waals surface area contributed by atoms with Crippen LogP contribution in [0.15, 0.2) is 46.8 Å². The Balaban J connectivity index is 1.92. The summed E-state index contributed by atoms with van der Waals surface area (Å²) in [5.41, 5.74) is 0.302. The molecule has 1 aromatic heterocycles. The number of benzene rings is 1. The van der Waals surface area contributed by atoms with Gasteiger partial charge in [-0.25, -0.2) is 13.4 Å². The van der Waals surface area contributed by atoms with Crippen LogP contribution in [0, 0.1) is 0 Å². The predicted octanol–water partition coefficient (Wildman–Crippen LogP) is 2.84. The van der Waals surface area contributed by atoms with E-state index < -0.39 is 15.7 Å². The predicted molar refractivity (Wildman–Crippen MR) is 105 cm³/mol. The molecule has 3 rings (SSSR count). The van der Waals surface area contributed by atoms with Crippen molar-refractivity contribution in [2.45, 2.75) is 36.7 Å². The highest BCUT2D eigenvalue weighted by atomic mass is 35.5. The first-order chi connectivity index (χ1) is 13.3. The van der Waals surface area contributed by atoms with Crippen LogP contribution in [0.25, 0.3) is 0 Å². The molecule has 0 unspecified atom stereocenters. The number of carbonyl (C=O) groups excluding carboxylic acids is 1. The second kappa shape index (κ2) is 8.66. The first kappa shape index (κ1) is 20.2. The minimum atomic E-state index is -3.49. The van der Waals surface area contributed by atoms with Crippen LogP contribution in [-0.4, -0.2) is 42.4 Å². The van der Waals surface area contributed by atoms with Gasteiger partial charge in [-0.3, -0.25) is 9.78 Å². The summed E-state index contributed by atoms with van der Waals surface area (Å²) in [6.07, 6.45) is 9.18. The summed E-state index contributed by atoms with van der Waals surface area (Å²) in [5, 5.41) is 6.65. The third kappa shape index (κ3) is 5.05. The summed E-state index contributed by atoms with van der Waals surface area (Å²) in [7, 11) is -3.49. The van der Waals surface area contributed by atoms with Gasteiger partial charge in [0, 0.05) is 24.2 Å². The Bertz CT molecular complexity index is 990. The second-order valence-electron chi connectivity index (χ2n) is 6.41. The highest BCUT2D eigenvalue weighted by Crippen LogP contribution is 2.24. The van der Waals surface area contributed by atoms with Crippen LogP contribution in [0.4, 0.5) is 5.82 Å². The number of amides is 1. The molecule has 0 bridgehead atoms. The van der Waals surface area contributed by atoms with E-state index in [1.807, 2.05) is 0 Å². The summed E-state index contributed by atoms with van der Waals surface area (Å²) in [4.78, 5) is 26.2. The van der Waals surface area contributed by atoms with Crippen LogP contribution in [-0.2, 0) is 19.5 Å². The lowest BCUT2D eigenvalue weighted by Crippen LogP contribution is -2.25. The van der Waals surface area contributed by atoms with E-state index in [-0.39, 0.29) is 27.6 Å². The van der Waals surface area contributed by atoms with Crippen molar-refractivity contribution in [3.05, 3.63) is 47.4 Å². The van der Waals surface area contributed by atoms with E-state index in [1.165, 1.54) is 36.8 Å². The zero-order chi connectivity index (χ0) is 20.1. The van der Waals surface area contributed by atoms with Gasteiger partial charge in [0.15, 0.2) is 21.4 Å². The van der Waals surface area contributed by atoms with Gasteiger partial charge in [0.05, 0.1) is 16.1 Å². The fourth-order valence-electron chi connectivity index (χ4n) is 2.83. The van der Waals surface area contributed by atoms with Crippen molar-refractivity contribution in [1.82, 2.24) is 9.97 Å². The van der Waals surface area contributed by atoms with Crippen molar-refractivity contribution in [3.8, 4) is 0 Å². The van der Waals surface area contributed by atoms with Gasteiger partial charge in [0.2, 0.25) is 0 Å². The van der Waals surface area contributed by atoms with Crippen LogP contribution in [0.2, 0.25) is 5.02 Å². The largest absolute Gasteiger partial charge is 0.392 e. The highest BCUT2D eigenvalue weighted by Gasteiger charge is 2.22. The Morgan fingerprint density at radius 3 is 2.64 bits per heavy atom. The summed E-state index contributed by atoms with van der Waals surface area (Å²) in [6.45, 7) is 0. The van der Waals surface area contributed by atoms with Gasteiger partial charge in [0.1, 0.15) is 6.10 Å². The number of sulfone groups is 1. The zero-order valence-electron chi connectivity index (χ0n) is 15.1. The Morgan fingerprint density at radius 1 is 1.29 bits per heavy atom. The Labute approximate surface area is 167 Å². The lowest BCUT2D eigenvalue weighted by molar-refractivity contribution is -0.110. The molecule has 0 atom stereocenters. The van der Waals surface area contributed by atoms with Crippen LogP contribution in [0.3, 0.4) is 0 Å². The van der Waals surface area contributed by atoms with Crippen molar-refractivity contribution in [2.24, 2.45) is 5.16 Å². The number of halogens is 1. The molecule has 1 aromatic carbocycles. The van der Waals surface area contributed by atoms with Crippen LogP contribution in [0.5, 0.6) is 0 Å². The zero-order valence-corrected chi connectivity index (χ0v) is 16.7. The third-order valence-electron chi connectivity index (χ3n) is 4.22. The molecule has 1 saturated carbocycles. The van der Waals surface area contributed by atoms with E-state index in [4.69, 9.17) is 16.4 Å². The van der Waals surface area contributed by atoms with Crippen molar-refractivity contribution < 1.29 is 18.0 Å². The molecule has 0 radical (unpaired) electrons. The SMILES string of the molecule is CS(=O)(=O)c1ccc(C(=NOC2CCCC2)C(=O)Nc2cnccn2)cc1Cl. The molecule has 1 N–H and O–H groups in total. The van der Waals surface area contributed by atoms with E-state index in [0.717, 1.165) is 31.9 Å². The second-order valence-corrected chi connectivity index (χ2v) is 8.81. The fourth-order valence-corrected chi connectivity index (χ4v) is 4.16. The maximum atomic E-state index is 12.8. The van der Waals surface area contributed by atoms with Crippen LogP contribution in [0.1, 0.15) is 31.2 Å². The molecule has 8 nitrogen and oxygen atoms in total. The van der Waals surface area contributed by atoms with Gasteiger partial charge in [0.25, 0.3) is 5.91 Å². The average molecular weight is 423 g/mol. The molecule has 148 valence electrons. The molecule has 1 amide bonds. The maximum absolute atomic E-state index is 12.8. The Kier molecular flexibility index (Phi) is 6.25. The average Bonchev–Trinajstić information content (AvgIpc) is 3.15. The molecule has 2 aromatic rings. The smallest absolute Gasteiger partial charge is 0.279 e. The fraction of sp³-hybridized carbons (Fsp3) is 0.333. The van der Waals surface area contributed by atoms with Gasteiger partial charge in [-0.1, -0.05) is 22.8 Å². The number of oxime groups is 1. The molecule has 28 heavy (non-hydrogen) atoms. The minimum absolute atomic E-state index is 0.000805. The van der Waals surface area contributed by atoms with Gasteiger partial charge < -0.3 is 10.2 Å². The monoisotopic (exact) mass is 422 g/mol. The summed E-state index contributed by atoms with van der Waals surface area (Å²) >= 11 is 6.12. The van der Waals surface area contributed by atoms with Gasteiger partial charge in [-0.15, -0.1) is 0 Å².